The van der Waals surface area contributed by atoms with Crippen LogP contribution in [0.25, 0.3) is 89.2 Å². The van der Waals surface area contributed by atoms with Crippen LogP contribution in [0.1, 0.15) is 5.69 Å². The van der Waals surface area contributed by atoms with E-state index >= 15 is 0 Å². The Bertz CT molecular complexity index is 2620. The van der Waals surface area contributed by atoms with Gasteiger partial charge >= 0.3 is 0 Å². The molecule has 0 fully saturated rings. The Kier molecular flexibility index (Phi) is 7.63. The molecule has 0 saturated carbocycles. The molecule has 0 aliphatic carbocycles. The highest BCUT2D eigenvalue weighted by atomic mass is 14.9. The van der Waals surface area contributed by atoms with Gasteiger partial charge in [-0.2, -0.15) is 0 Å². The van der Waals surface area contributed by atoms with E-state index in [0.717, 1.165) is 89.1 Å². The van der Waals surface area contributed by atoms with E-state index in [4.69, 9.17) is 19.9 Å². The number of nitrogens with zero attached hydrogens (tertiary/aromatic N) is 5. The lowest BCUT2D eigenvalue weighted by atomic mass is 9.95. The number of rotatable bonds is 6. The zero-order chi connectivity index (χ0) is 34.1. The molecule has 0 N–H and O–H groups in total. The lowest BCUT2D eigenvalue weighted by Crippen LogP contribution is -1.96. The van der Waals surface area contributed by atoms with Crippen LogP contribution in [0.5, 0.6) is 0 Å². The molecule has 0 unspecified atom stereocenters. The molecule has 0 aliphatic rings. The predicted molar refractivity (Wildman–Crippen MR) is 208 cm³/mol. The van der Waals surface area contributed by atoms with Crippen molar-refractivity contribution >= 4 is 21.8 Å². The van der Waals surface area contributed by atoms with E-state index in [1.54, 1.807) is 12.4 Å². The molecule has 240 valence electrons. The molecule has 0 saturated heterocycles. The van der Waals surface area contributed by atoms with Gasteiger partial charge in [0, 0.05) is 51.1 Å². The van der Waals surface area contributed by atoms with Crippen LogP contribution in [0.4, 0.5) is 0 Å². The molecule has 4 heterocycles. The van der Waals surface area contributed by atoms with Crippen molar-refractivity contribution in [2.24, 2.45) is 0 Å². The van der Waals surface area contributed by atoms with Gasteiger partial charge in [-0.3, -0.25) is 9.97 Å². The average Bonchev–Trinajstić information content (AvgIpc) is 3.21. The molecule has 0 aliphatic heterocycles. The van der Waals surface area contributed by atoms with Gasteiger partial charge in [0.1, 0.15) is 0 Å². The Hall–Kier alpha value is -6.85. The average molecular weight is 654 g/mol. The zero-order valence-electron chi connectivity index (χ0n) is 27.9. The lowest BCUT2D eigenvalue weighted by Gasteiger charge is -2.13. The van der Waals surface area contributed by atoms with Gasteiger partial charge in [0.2, 0.25) is 0 Å². The molecule has 5 aromatic carbocycles. The first kappa shape index (κ1) is 30.2. The van der Waals surface area contributed by atoms with Gasteiger partial charge in [0.25, 0.3) is 0 Å². The van der Waals surface area contributed by atoms with Crippen LogP contribution in [-0.4, -0.2) is 24.9 Å². The Balaban J connectivity index is 1.09. The summed E-state index contributed by atoms with van der Waals surface area (Å²) >= 11 is 0. The normalized spacial score (nSPS) is 11.2. The summed E-state index contributed by atoms with van der Waals surface area (Å²) in [4.78, 5) is 24.3. The second kappa shape index (κ2) is 12.9. The van der Waals surface area contributed by atoms with Crippen LogP contribution in [0, 0.1) is 6.92 Å². The van der Waals surface area contributed by atoms with Crippen molar-refractivity contribution in [3.63, 3.8) is 0 Å². The largest absolute Gasteiger partial charge is 0.264 e. The van der Waals surface area contributed by atoms with Gasteiger partial charge in [-0.05, 0) is 65.6 Å². The molecule has 51 heavy (non-hydrogen) atoms. The van der Waals surface area contributed by atoms with Crippen molar-refractivity contribution in [3.8, 4) is 67.4 Å². The maximum Gasteiger partial charge on any atom is 0.161 e. The highest BCUT2D eigenvalue weighted by Gasteiger charge is 2.14. The van der Waals surface area contributed by atoms with Gasteiger partial charge in [0.15, 0.2) is 5.82 Å². The summed E-state index contributed by atoms with van der Waals surface area (Å²) < 4.78 is 0. The van der Waals surface area contributed by atoms with Crippen LogP contribution in [0.15, 0.2) is 170 Å². The molecule has 9 rings (SSSR count). The zero-order valence-corrected chi connectivity index (χ0v) is 27.9. The molecule has 0 radical (unpaired) electrons. The third kappa shape index (κ3) is 5.91. The first-order valence-corrected chi connectivity index (χ1v) is 17.0. The molecule has 0 amide bonds. The number of aromatic nitrogens is 5. The fraction of sp³-hybridized carbons (Fsp3) is 0.0217. The highest BCUT2D eigenvalue weighted by molar-refractivity contribution is 6.09. The minimum absolute atomic E-state index is 0.648. The van der Waals surface area contributed by atoms with E-state index < -0.39 is 0 Å². The van der Waals surface area contributed by atoms with E-state index in [9.17, 15) is 0 Å². The van der Waals surface area contributed by atoms with Crippen LogP contribution in [0.3, 0.4) is 0 Å². The van der Waals surface area contributed by atoms with Crippen molar-refractivity contribution in [1.82, 2.24) is 24.9 Å². The molecule has 5 nitrogen and oxygen atoms in total. The van der Waals surface area contributed by atoms with E-state index in [1.807, 2.05) is 48.5 Å². The minimum Gasteiger partial charge on any atom is -0.264 e. The van der Waals surface area contributed by atoms with Crippen LogP contribution < -0.4 is 0 Å². The number of hydrogen-bond donors (Lipinski definition) is 0. The molecule has 5 heteroatoms. The second-order valence-corrected chi connectivity index (χ2v) is 12.6. The molecule has 0 atom stereocenters. The summed E-state index contributed by atoms with van der Waals surface area (Å²) in [6.45, 7) is 2.06. The van der Waals surface area contributed by atoms with E-state index in [0.29, 0.717) is 5.82 Å². The topological polar surface area (TPSA) is 64.5 Å². The first-order valence-electron chi connectivity index (χ1n) is 17.0. The predicted octanol–water partition coefficient (Wildman–Crippen LogP) is 11.3. The third-order valence-corrected chi connectivity index (χ3v) is 9.24. The number of fused-ring (bicyclic) bond motifs is 3. The fourth-order valence-corrected chi connectivity index (χ4v) is 6.68. The van der Waals surface area contributed by atoms with E-state index in [-0.39, 0.29) is 0 Å². The van der Waals surface area contributed by atoms with Gasteiger partial charge in [-0.1, -0.05) is 121 Å². The Morgan fingerprint density at radius 3 is 1.75 bits per heavy atom. The van der Waals surface area contributed by atoms with Crippen molar-refractivity contribution < 1.29 is 0 Å². The second-order valence-electron chi connectivity index (χ2n) is 12.6. The van der Waals surface area contributed by atoms with Gasteiger partial charge < -0.3 is 0 Å². The fourth-order valence-electron chi connectivity index (χ4n) is 6.68. The summed E-state index contributed by atoms with van der Waals surface area (Å²) in [7, 11) is 0. The van der Waals surface area contributed by atoms with Gasteiger partial charge in [0.05, 0.1) is 28.1 Å². The van der Waals surface area contributed by atoms with E-state index in [1.165, 1.54) is 0 Å². The number of pyridine rings is 3. The molecule has 4 aromatic heterocycles. The number of benzene rings is 5. The maximum atomic E-state index is 5.12. The van der Waals surface area contributed by atoms with Crippen LogP contribution >= 0.6 is 0 Å². The maximum absolute atomic E-state index is 5.12. The Morgan fingerprint density at radius 2 is 1.02 bits per heavy atom. The molecular weight excluding hydrogens is 623 g/mol. The van der Waals surface area contributed by atoms with Crippen LogP contribution in [0.2, 0.25) is 0 Å². The monoisotopic (exact) mass is 653 g/mol. The summed E-state index contributed by atoms with van der Waals surface area (Å²) in [5.41, 5.74) is 14.0. The lowest BCUT2D eigenvalue weighted by molar-refractivity contribution is 1.17. The number of hydrogen-bond acceptors (Lipinski definition) is 5. The SMILES string of the molecule is Cc1cc(-c2cccc(-c3ccc(-c4cc(-c5ccccc5)nc(-c5cccnc5)n4)cc3)c2)c2ccc3ccc(-c4ccccc4)nc3c2n1. The van der Waals surface area contributed by atoms with E-state index in [2.05, 4.69) is 121 Å². The number of aryl methyl sites for hydroxylation is 1. The standard InChI is InChI=1S/C46H31N5/c1-30-26-40(39-23-21-35-22-24-41(32-10-4-2-5-11-32)49-44(35)45(39)48-30)37-15-8-14-36(27-37)31-17-19-34(20-18-31)43-28-42(33-12-6-3-7-13-33)50-46(51-43)38-16-9-25-47-29-38/h2-29H,1H3. The minimum atomic E-state index is 0.648. The van der Waals surface area contributed by atoms with Crippen molar-refractivity contribution in [2.45, 2.75) is 6.92 Å². The van der Waals surface area contributed by atoms with Gasteiger partial charge in [-0.25, -0.2) is 15.0 Å². The quantitative estimate of drug-likeness (QED) is 0.167. The molecule has 0 bridgehead atoms. The summed E-state index contributed by atoms with van der Waals surface area (Å²) in [5.74, 6) is 0.648. The van der Waals surface area contributed by atoms with Crippen LogP contribution in [-0.2, 0) is 0 Å². The Morgan fingerprint density at radius 1 is 0.392 bits per heavy atom. The first-order chi connectivity index (χ1) is 25.2. The molecule has 9 aromatic rings. The molecule has 0 spiro atoms. The smallest absolute Gasteiger partial charge is 0.161 e. The van der Waals surface area contributed by atoms with Crippen molar-refractivity contribution in [2.75, 3.05) is 0 Å². The molecular formula is C46H31N5. The summed E-state index contributed by atoms with van der Waals surface area (Å²) in [5, 5.41) is 2.16. The highest BCUT2D eigenvalue weighted by Crippen LogP contribution is 2.36. The van der Waals surface area contributed by atoms with Crippen molar-refractivity contribution in [1.29, 1.82) is 0 Å². The third-order valence-electron chi connectivity index (χ3n) is 9.24. The summed E-state index contributed by atoms with van der Waals surface area (Å²) in [6.07, 6.45) is 3.57. The van der Waals surface area contributed by atoms with Gasteiger partial charge in [-0.15, -0.1) is 0 Å². The summed E-state index contributed by atoms with van der Waals surface area (Å²) in [6, 6.07) is 54.6. The van der Waals surface area contributed by atoms with Crippen molar-refractivity contribution in [3.05, 3.63) is 176 Å². The Labute approximate surface area is 296 Å².